The molecule has 0 aliphatic heterocycles. The molecule has 0 radical (unpaired) electrons. The largest absolute Gasteiger partial charge is 0.484 e. The first-order valence-electron chi connectivity index (χ1n) is 7.76. The number of hydrogen-bond donors (Lipinski definition) is 0. The Bertz CT molecular complexity index is 824. The van der Waals surface area contributed by atoms with Gasteiger partial charge in [0, 0.05) is 31.8 Å². The van der Waals surface area contributed by atoms with Gasteiger partial charge in [-0.3, -0.25) is 19.7 Å². The van der Waals surface area contributed by atoms with Gasteiger partial charge in [-0.05, 0) is 48.0 Å². The number of carbonyl (C=O) groups is 2. The highest BCUT2D eigenvalue weighted by atomic mass is 16.6. The minimum absolute atomic E-state index is 0.00295. The second kappa shape index (κ2) is 8.57. The molecule has 0 saturated carbocycles. The zero-order chi connectivity index (χ0) is 19.1. The Morgan fingerprint density at radius 2 is 1.69 bits per heavy atom. The van der Waals surface area contributed by atoms with Crippen LogP contribution in [0.15, 0.2) is 54.6 Å². The van der Waals surface area contributed by atoms with E-state index in [4.69, 9.17) is 4.74 Å². The van der Waals surface area contributed by atoms with Crippen molar-refractivity contribution in [1.82, 2.24) is 4.90 Å². The lowest BCUT2D eigenvalue weighted by atomic mass is 10.1. The van der Waals surface area contributed by atoms with E-state index in [1.807, 2.05) is 0 Å². The van der Waals surface area contributed by atoms with Gasteiger partial charge >= 0.3 is 0 Å². The molecule has 1 amide bonds. The number of carbonyl (C=O) groups excluding carboxylic acids is 2. The van der Waals surface area contributed by atoms with Gasteiger partial charge in [0.1, 0.15) is 5.75 Å². The van der Waals surface area contributed by atoms with Crippen LogP contribution in [-0.2, 0) is 4.79 Å². The summed E-state index contributed by atoms with van der Waals surface area (Å²) in [4.78, 5) is 35.2. The molecule has 26 heavy (non-hydrogen) atoms. The van der Waals surface area contributed by atoms with Gasteiger partial charge in [-0.1, -0.05) is 6.08 Å². The first-order chi connectivity index (χ1) is 12.4. The summed E-state index contributed by atoms with van der Waals surface area (Å²) in [5.41, 5.74) is 1.15. The fourth-order valence-corrected chi connectivity index (χ4v) is 1.96. The molecular formula is C19H18N2O5. The lowest BCUT2D eigenvalue weighted by Crippen LogP contribution is -2.27. The molecule has 2 aromatic rings. The molecule has 0 spiro atoms. The van der Waals surface area contributed by atoms with Crippen LogP contribution in [0.1, 0.15) is 15.9 Å². The van der Waals surface area contributed by atoms with E-state index in [0.29, 0.717) is 16.9 Å². The number of likely N-dealkylation sites (N-methyl/N-ethyl adjacent to an activating group) is 1. The number of allylic oxidation sites excluding steroid dienone is 1. The van der Waals surface area contributed by atoms with Crippen LogP contribution >= 0.6 is 0 Å². The van der Waals surface area contributed by atoms with E-state index in [0.717, 1.165) is 0 Å². The van der Waals surface area contributed by atoms with Crippen molar-refractivity contribution >= 4 is 23.5 Å². The summed E-state index contributed by atoms with van der Waals surface area (Å²) in [6, 6.07) is 12.4. The Kier molecular flexibility index (Phi) is 6.21. The molecule has 134 valence electrons. The predicted octanol–water partition coefficient (Wildman–Crippen LogP) is 2.96. The number of benzene rings is 2. The first-order valence-corrected chi connectivity index (χ1v) is 7.76. The lowest BCUT2D eigenvalue weighted by molar-refractivity contribution is -0.384. The Labute approximate surface area is 150 Å². The highest BCUT2D eigenvalue weighted by molar-refractivity contribution is 6.06. The number of amides is 1. The average molecular weight is 354 g/mol. The van der Waals surface area contributed by atoms with Crippen molar-refractivity contribution in [2.45, 2.75) is 0 Å². The summed E-state index contributed by atoms with van der Waals surface area (Å²) in [7, 11) is 3.29. The second-order valence-electron chi connectivity index (χ2n) is 5.65. The average Bonchev–Trinajstić information content (AvgIpc) is 2.64. The molecule has 7 nitrogen and oxygen atoms in total. The van der Waals surface area contributed by atoms with Gasteiger partial charge in [0.2, 0.25) is 0 Å². The van der Waals surface area contributed by atoms with Crippen LogP contribution in [-0.4, -0.2) is 42.2 Å². The minimum atomic E-state index is -0.478. The summed E-state index contributed by atoms with van der Waals surface area (Å²) in [5, 5.41) is 10.6. The van der Waals surface area contributed by atoms with E-state index < -0.39 is 4.92 Å². The maximum Gasteiger partial charge on any atom is 0.269 e. The monoisotopic (exact) mass is 354 g/mol. The molecule has 0 heterocycles. The van der Waals surface area contributed by atoms with Crippen molar-refractivity contribution in [3.63, 3.8) is 0 Å². The smallest absolute Gasteiger partial charge is 0.269 e. The number of ketones is 1. The first kappa shape index (κ1) is 18.9. The van der Waals surface area contributed by atoms with Crippen molar-refractivity contribution in [2.75, 3.05) is 20.7 Å². The third-order valence-electron chi connectivity index (χ3n) is 3.53. The van der Waals surface area contributed by atoms with E-state index in [1.165, 1.54) is 23.1 Å². The summed E-state index contributed by atoms with van der Waals surface area (Å²) in [6.45, 7) is -0.0691. The maximum atomic E-state index is 12.2. The van der Waals surface area contributed by atoms with Gasteiger partial charge < -0.3 is 9.64 Å². The molecule has 0 fully saturated rings. The standard InChI is InChI=1S/C19H18N2O5/c1-20(2)19(23)13-26-17-10-6-15(7-11-17)18(22)12-5-14-3-8-16(9-4-14)21(24)25/h3-12H,13H2,1-2H3/b12-5+. The van der Waals surface area contributed by atoms with Gasteiger partial charge in [0.05, 0.1) is 4.92 Å². The van der Waals surface area contributed by atoms with E-state index in [1.54, 1.807) is 56.6 Å². The van der Waals surface area contributed by atoms with Crippen molar-refractivity contribution < 1.29 is 19.2 Å². The van der Waals surface area contributed by atoms with Gasteiger partial charge in [-0.25, -0.2) is 0 Å². The minimum Gasteiger partial charge on any atom is -0.484 e. The summed E-state index contributed by atoms with van der Waals surface area (Å²) in [6.07, 6.45) is 2.98. The highest BCUT2D eigenvalue weighted by Crippen LogP contribution is 2.15. The normalized spacial score (nSPS) is 10.5. The predicted molar refractivity (Wildman–Crippen MR) is 97.1 cm³/mol. The number of nitro benzene ring substituents is 1. The molecule has 2 rings (SSSR count). The van der Waals surface area contributed by atoms with Crippen LogP contribution in [0.3, 0.4) is 0 Å². The van der Waals surface area contributed by atoms with E-state index in [-0.39, 0.29) is 24.0 Å². The van der Waals surface area contributed by atoms with E-state index >= 15 is 0 Å². The summed E-state index contributed by atoms with van der Waals surface area (Å²) in [5.74, 6) is 0.131. The van der Waals surface area contributed by atoms with Crippen LogP contribution < -0.4 is 4.74 Å². The Hall–Kier alpha value is -3.48. The molecule has 0 N–H and O–H groups in total. The van der Waals surface area contributed by atoms with E-state index in [9.17, 15) is 19.7 Å². The quantitative estimate of drug-likeness (QED) is 0.330. The van der Waals surface area contributed by atoms with Crippen LogP contribution in [0, 0.1) is 10.1 Å². The van der Waals surface area contributed by atoms with Crippen molar-refractivity contribution in [1.29, 1.82) is 0 Å². The van der Waals surface area contributed by atoms with Crippen LogP contribution in [0.5, 0.6) is 5.75 Å². The fourth-order valence-electron chi connectivity index (χ4n) is 1.96. The second-order valence-corrected chi connectivity index (χ2v) is 5.65. The number of hydrogen-bond acceptors (Lipinski definition) is 5. The molecule has 0 aliphatic rings. The van der Waals surface area contributed by atoms with Gasteiger partial charge in [0.25, 0.3) is 11.6 Å². The maximum absolute atomic E-state index is 12.2. The van der Waals surface area contributed by atoms with Gasteiger partial charge in [-0.2, -0.15) is 0 Å². The topological polar surface area (TPSA) is 89.8 Å². The molecule has 0 saturated heterocycles. The Morgan fingerprint density at radius 3 is 2.23 bits per heavy atom. The van der Waals surface area contributed by atoms with Crippen molar-refractivity contribution in [2.24, 2.45) is 0 Å². The Balaban J connectivity index is 1.96. The zero-order valence-electron chi connectivity index (χ0n) is 14.4. The van der Waals surface area contributed by atoms with Crippen LogP contribution in [0.4, 0.5) is 5.69 Å². The van der Waals surface area contributed by atoms with Crippen LogP contribution in [0.2, 0.25) is 0 Å². The highest BCUT2D eigenvalue weighted by Gasteiger charge is 2.07. The molecule has 0 bridgehead atoms. The molecule has 2 aromatic carbocycles. The molecule has 0 unspecified atom stereocenters. The third-order valence-corrected chi connectivity index (χ3v) is 3.53. The number of nitro groups is 1. The SMILES string of the molecule is CN(C)C(=O)COc1ccc(C(=O)/C=C/c2ccc([N+](=O)[O-])cc2)cc1. The molecule has 0 aromatic heterocycles. The number of nitrogens with zero attached hydrogens (tertiary/aromatic N) is 2. The summed E-state index contributed by atoms with van der Waals surface area (Å²) < 4.78 is 5.35. The van der Waals surface area contributed by atoms with Gasteiger partial charge in [0.15, 0.2) is 12.4 Å². The summed E-state index contributed by atoms with van der Waals surface area (Å²) >= 11 is 0. The van der Waals surface area contributed by atoms with Gasteiger partial charge in [-0.15, -0.1) is 0 Å². The third kappa shape index (κ3) is 5.27. The van der Waals surface area contributed by atoms with Crippen LogP contribution in [0.25, 0.3) is 6.08 Å². The molecule has 0 aliphatic carbocycles. The number of rotatable bonds is 7. The van der Waals surface area contributed by atoms with Crippen molar-refractivity contribution in [3.05, 3.63) is 75.8 Å². The molecule has 7 heteroatoms. The fraction of sp³-hybridized carbons (Fsp3) is 0.158. The molecule has 0 atom stereocenters. The molecular weight excluding hydrogens is 336 g/mol. The Morgan fingerprint density at radius 1 is 1.08 bits per heavy atom. The lowest BCUT2D eigenvalue weighted by Gasteiger charge is -2.11. The number of ether oxygens (including phenoxy) is 1. The zero-order valence-corrected chi connectivity index (χ0v) is 14.4. The van der Waals surface area contributed by atoms with E-state index in [2.05, 4.69) is 0 Å². The number of non-ortho nitro benzene ring substituents is 1. The van der Waals surface area contributed by atoms with Crippen molar-refractivity contribution in [3.8, 4) is 5.75 Å².